The predicted molar refractivity (Wildman–Crippen MR) is 116 cm³/mol. The summed E-state index contributed by atoms with van der Waals surface area (Å²) in [5.74, 6) is -0.481. The maximum atomic E-state index is 13.6. The lowest BCUT2D eigenvalue weighted by Crippen LogP contribution is -2.45. The molecule has 5 nitrogen and oxygen atoms in total. The van der Waals surface area contributed by atoms with Crippen molar-refractivity contribution >= 4 is 33.4 Å². The summed E-state index contributed by atoms with van der Waals surface area (Å²) in [5.41, 5.74) is 3.22. The lowest BCUT2D eigenvalue weighted by atomic mass is 9.99. The molecule has 0 radical (unpaired) electrons. The van der Waals surface area contributed by atoms with Gasteiger partial charge < -0.3 is 10.2 Å². The molecule has 0 fully saturated rings. The molecule has 29 heavy (non-hydrogen) atoms. The minimum Gasteiger partial charge on any atom is -0.336 e. The normalized spacial score (nSPS) is 14.0. The Morgan fingerprint density at radius 3 is 2.59 bits per heavy atom. The average Bonchev–Trinajstić information content (AvgIpc) is 2.77. The topological polar surface area (TPSA) is 62.3 Å². The highest BCUT2D eigenvalue weighted by Crippen LogP contribution is 2.29. The van der Waals surface area contributed by atoms with E-state index in [9.17, 15) is 9.59 Å². The fraction of sp³-hybridized carbons (Fsp3) is 0.174. The summed E-state index contributed by atoms with van der Waals surface area (Å²) < 4.78 is 0.706. The Balaban J connectivity index is 1.67. The third kappa shape index (κ3) is 4.22. The van der Waals surface area contributed by atoms with Crippen LogP contribution in [0.2, 0.25) is 0 Å². The monoisotopic (exact) mass is 449 g/mol. The largest absolute Gasteiger partial charge is 0.336 e. The summed E-state index contributed by atoms with van der Waals surface area (Å²) in [6.07, 6.45) is 4.95. The number of amides is 2. The van der Waals surface area contributed by atoms with Crippen molar-refractivity contribution in [2.24, 2.45) is 0 Å². The van der Waals surface area contributed by atoms with Crippen LogP contribution in [-0.4, -0.2) is 23.3 Å². The van der Waals surface area contributed by atoms with Crippen LogP contribution in [-0.2, 0) is 11.2 Å². The SMILES string of the molecule is O=C(N[C@H](C(=O)N1CCCc2ccccc21)c1ccccc1)c1cncc(Br)c1. The molecule has 1 N–H and O–H groups in total. The van der Waals surface area contributed by atoms with Crippen LogP contribution in [0.4, 0.5) is 5.69 Å². The van der Waals surface area contributed by atoms with Crippen LogP contribution < -0.4 is 10.2 Å². The Bertz CT molecular complexity index is 1040. The number of anilines is 1. The average molecular weight is 450 g/mol. The van der Waals surface area contributed by atoms with Crippen molar-refractivity contribution in [3.63, 3.8) is 0 Å². The third-order valence-electron chi connectivity index (χ3n) is 5.00. The summed E-state index contributed by atoms with van der Waals surface area (Å²) in [5, 5.41) is 2.91. The third-order valence-corrected chi connectivity index (χ3v) is 5.43. The van der Waals surface area contributed by atoms with Gasteiger partial charge in [0, 0.05) is 29.1 Å². The number of nitrogens with zero attached hydrogens (tertiary/aromatic N) is 2. The van der Waals surface area contributed by atoms with Gasteiger partial charge in [0.2, 0.25) is 0 Å². The van der Waals surface area contributed by atoms with E-state index < -0.39 is 6.04 Å². The number of pyridine rings is 1. The summed E-state index contributed by atoms with van der Waals surface area (Å²) >= 11 is 3.33. The van der Waals surface area contributed by atoms with E-state index in [4.69, 9.17) is 0 Å². The molecule has 146 valence electrons. The lowest BCUT2D eigenvalue weighted by molar-refractivity contribution is -0.120. The van der Waals surface area contributed by atoms with Gasteiger partial charge in [0.15, 0.2) is 0 Å². The smallest absolute Gasteiger partial charge is 0.254 e. The summed E-state index contributed by atoms with van der Waals surface area (Å²) in [4.78, 5) is 32.3. The van der Waals surface area contributed by atoms with Gasteiger partial charge in [-0.15, -0.1) is 0 Å². The van der Waals surface area contributed by atoms with Crippen LogP contribution in [0.15, 0.2) is 77.5 Å². The van der Waals surface area contributed by atoms with E-state index in [1.807, 2.05) is 48.5 Å². The van der Waals surface area contributed by atoms with Crippen LogP contribution in [0.5, 0.6) is 0 Å². The van der Waals surface area contributed by atoms with E-state index in [1.165, 1.54) is 6.20 Å². The van der Waals surface area contributed by atoms with Crippen molar-refractivity contribution in [1.82, 2.24) is 10.3 Å². The van der Waals surface area contributed by atoms with E-state index in [2.05, 4.69) is 32.3 Å². The first-order chi connectivity index (χ1) is 14.1. The summed E-state index contributed by atoms with van der Waals surface area (Å²) in [6.45, 7) is 0.632. The van der Waals surface area contributed by atoms with Crippen molar-refractivity contribution in [3.05, 3.63) is 94.2 Å². The number of hydrogen-bond acceptors (Lipinski definition) is 3. The molecule has 2 aromatic carbocycles. The fourth-order valence-electron chi connectivity index (χ4n) is 3.60. The second-order valence-electron chi connectivity index (χ2n) is 6.93. The first kappa shape index (κ1) is 19.3. The van der Waals surface area contributed by atoms with Gasteiger partial charge in [0.25, 0.3) is 11.8 Å². The van der Waals surface area contributed by atoms with Gasteiger partial charge in [-0.2, -0.15) is 0 Å². The van der Waals surface area contributed by atoms with Gasteiger partial charge in [-0.25, -0.2) is 0 Å². The molecule has 1 aromatic heterocycles. The van der Waals surface area contributed by atoms with Crippen molar-refractivity contribution < 1.29 is 9.59 Å². The molecule has 0 aliphatic carbocycles. The molecular weight excluding hydrogens is 430 g/mol. The number of nitrogens with one attached hydrogen (secondary N) is 1. The molecule has 0 saturated heterocycles. The Kier molecular flexibility index (Phi) is 5.71. The maximum absolute atomic E-state index is 13.6. The number of hydrogen-bond donors (Lipinski definition) is 1. The highest BCUT2D eigenvalue weighted by atomic mass is 79.9. The molecule has 2 amide bonds. The summed E-state index contributed by atoms with van der Waals surface area (Å²) in [6, 6.07) is 18.2. The van der Waals surface area contributed by atoms with E-state index in [-0.39, 0.29) is 11.8 Å². The molecule has 1 aliphatic heterocycles. The summed E-state index contributed by atoms with van der Waals surface area (Å²) in [7, 11) is 0. The Labute approximate surface area is 177 Å². The molecule has 4 rings (SSSR count). The number of carbonyl (C=O) groups is 2. The van der Waals surface area contributed by atoms with Gasteiger partial charge in [-0.05, 0) is 52.0 Å². The first-order valence-corrected chi connectivity index (χ1v) is 10.3. The van der Waals surface area contributed by atoms with Crippen LogP contribution in [0.25, 0.3) is 0 Å². The molecular formula is C23H20BrN3O2. The number of aromatic nitrogens is 1. The van der Waals surface area contributed by atoms with Crippen LogP contribution in [0.1, 0.15) is 33.9 Å². The molecule has 1 atom stereocenters. The van der Waals surface area contributed by atoms with E-state index in [1.54, 1.807) is 17.2 Å². The van der Waals surface area contributed by atoms with Crippen LogP contribution >= 0.6 is 15.9 Å². The number of carbonyl (C=O) groups excluding carboxylic acids is 2. The molecule has 0 spiro atoms. The minimum atomic E-state index is -0.783. The van der Waals surface area contributed by atoms with Crippen LogP contribution in [0.3, 0.4) is 0 Å². The van der Waals surface area contributed by atoms with Crippen molar-refractivity contribution in [3.8, 4) is 0 Å². The Hall–Kier alpha value is -2.99. The molecule has 6 heteroatoms. The second-order valence-corrected chi connectivity index (χ2v) is 7.85. The van der Waals surface area contributed by atoms with E-state index in [0.29, 0.717) is 16.6 Å². The molecule has 3 aromatic rings. The van der Waals surface area contributed by atoms with Gasteiger partial charge in [0.1, 0.15) is 6.04 Å². The highest BCUT2D eigenvalue weighted by Gasteiger charge is 2.31. The van der Waals surface area contributed by atoms with Crippen molar-refractivity contribution in [1.29, 1.82) is 0 Å². The minimum absolute atomic E-state index is 0.139. The Morgan fingerprint density at radius 2 is 1.79 bits per heavy atom. The van der Waals surface area contributed by atoms with Gasteiger partial charge >= 0.3 is 0 Å². The highest BCUT2D eigenvalue weighted by molar-refractivity contribution is 9.10. The standard InChI is InChI=1S/C23H20BrN3O2/c24-19-13-18(14-25-15-19)22(28)26-21(17-8-2-1-3-9-17)23(29)27-12-6-10-16-7-4-5-11-20(16)27/h1-5,7-9,11,13-15,21H,6,10,12H2,(H,26,28)/t21-/m0/s1. The van der Waals surface area contributed by atoms with Crippen molar-refractivity contribution in [2.75, 3.05) is 11.4 Å². The fourth-order valence-corrected chi connectivity index (χ4v) is 3.97. The van der Waals surface area contributed by atoms with Gasteiger partial charge in [-0.3, -0.25) is 14.6 Å². The predicted octanol–water partition coefficient (Wildman–Crippen LogP) is 4.29. The number of benzene rings is 2. The molecule has 2 heterocycles. The Morgan fingerprint density at radius 1 is 1.03 bits per heavy atom. The molecule has 0 saturated carbocycles. The maximum Gasteiger partial charge on any atom is 0.254 e. The molecule has 0 bridgehead atoms. The number of fused-ring (bicyclic) bond motifs is 1. The lowest BCUT2D eigenvalue weighted by Gasteiger charge is -2.32. The second kappa shape index (κ2) is 8.57. The number of halogens is 1. The number of para-hydroxylation sites is 1. The first-order valence-electron chi connectivity index (χ1n) is 9.49. The number of aryl methyl sites for hydroxylation is 1. The van der Waals surface area contributed by atoms with Crippen LogP contribution in [0, 0.1) is 0 Å². The zero-order valence-corrected chi connectivity index (χ0v) is 17.3. The number of rotatable bonds is 4. The quantitative estimate of drug-likeness (QED) is 0.645. The van der Waals surface area contributed by atoms with Gasteiger partial charge in [-0.1, -0.05) is 48.5 Å². The zero-order valence-electron chi connectivity index (χ0n) is 15.7. The van der Waals surface area contributed by atoms with Gasteiger partial charge in [0.05, 0.1) is 5.56 Å². The van der Waals surface area contributed by atoms with E-state index >= 15 is 0 Å². The molecule has 0 unspecified atom stereocenters. The zero-order chi connectivity index (χ0) is 20.2. The van der Waals surface area contributed by atoms with E-state index in [0.717, 1.165) is 29.7 Å². The molecule has 1 aliphatic rings. The van der Waals surface area contributed by atoms with Crippen molar-refractivity contribution in [2.45, 2.75) is 18.9 Å².